The molecule has 5 heteroatoms. The van der Waals surface area contributed by atoms with Gasteiger partial charge in [0.2, 0.25) is 0 Å². The third-order valence-corrected chi connectivity index (χ3v) is 4.50. The lowest BCUT2D eigenvalue weighted by Gasteiger charge is -2.11. The summed E-state index contributed by atoms with van der Waals surface area (Å²) in [5, 5.41) is 7.70. The second-order valence-corrected chi connectivity index (χ2v) is 6.55. The lowest BCUT2D eigenvalue weighted by molar-refractivity contribution is 0.336. The van der Waals surface area contributed by atoms with Crippen LogP contribution in [0, 0.1) is 0 Å². The normalized spacial score (nSPS) is 10.7. The molecule has 0 fully saturated rings. The van der Waals surface area contributed by atoms with Gasteiger partial charge in [-0.2, -0.15) is 11.3 Å². The van der Waals surface area contributed by atoms with Crippen molar-refractivity contribution in [2.75, 3.05) is 6.61 Å². The molecule has 2 aromatic rings. The predicted molar refractivity (Wildman–Crippen MR) is 87.9 cm³/mol. The molecular weight excluding hydrogens is 390 g/mol. The Bertz CT molecular complexity index is 505. The van der Waals surface area contributed by atoms with Gasteiger partial charge in [-0.15, -0.1) is 0 Å². The maximum absolute atomic E-state index is 5.57. The fraction of sp³-hybridized carbons (Fsp3) is 0.286. The third-order valence-electron chi connectivity index (χ3n) is 2.59. The van der Waals surface area contributed by atoms with Crippen LogP contribution in [0.4, 0.5) is 0 Å². The van der Waals surface area contributed by atoms with Crippen molar-refractivity contribution in [1.82, 2.24) is 5.32 Å². The first-order chi connectivity index (χ1) is 9.20. The van der Waals surface area contributed by atoms with E-state index < -0.39 is 0 Å². The van der Waals surface area contributed by atoms with Crippen LogP contribution in [0.3, 0.4) is 0 Å². The van der Waals surface area contributed by atoms with E-state index in [1.165, 1.54) is 11.1 Å². The van der Waals surface area contributed by atoms with Crippen molar-refractivity contribution >= 4 is 43.2 Å². The highest BCUT2D eigenvalue weighted by Gasteiger charge is 2.08. The van der Waals surface area contributed by atoms with E-state index in [0.29, 0.717) is 6.61 Å². The fourth-order valence-corrected chi connectivity index (χ4v) is 3.92. The van der Waals surface area contributed by atoms with E-state index in [4.69, 9.17) is 4.74 Å². The number of hydrogen-bond donors (Lipinski definition) is 1. The molecule has 19 heavy (non-hydrogen) atoms. The van der Waals surface area contributed by atoms with Crippen molar-refractivity contribution in [1.29, 1.82) is 0 Å². The van der Waals surface area contributed by atoms with E-state index in [0.717, 1.165) is 27.8 Å². The van der Waals surface area contributed by atoms with Crippen LogP contribution in [0.25, 0.3) is 0 Å². The minimum atomic E-state index is 0.660. The summed E-state index contributed by atoms with van der Waals surface area (Å²) >= 11 is 8.82. The lowest BCUT2D eigenvalue weighted by atomic mass is 10.2. The molecule has 0 aliphatic heterocycles. The molecule has 0 unspecified atom stereocenters. The van der Waals surface area contributed by atoms with E-state index in [-0.39, 0.29) is 0 Å². The van der Waals surface area contributed by atoms with Gasteiger partial charge in [-0.25, -0.2) is 0 Å². The quantitative estimate of drug-likeness (QED) is 0.734. The molecule has 0 bridgehead atoms. The van der Waals surface area contributed by atoms with E-state index in [9.17, 15) is 0 Å². The summed E-state index contributed by atoms with van der Waals surface area (Å²) in [6.07, 6.45) is 0. The first kappa shape index (κ1) is 15.0. The minimum absolute atomic E-state index is 0.660. The highest BCUT2D eigenvalue weighted by molar-refractivity contribution is 9.11. The van der Waals surface area contributed by atoms with Crippen LogP contribution in [0.15, 0.2) is 37.9 Å². The summed E-state index contributed by atoms with van der Waals surface area (Å²) in [5.41, 5.74) is 2.55. The van der Waals surface area contributed by atoms with Crippen LogP contribution < -0.4 is 10.1 Å². The molecule has 0 amide bonds. The summed E-state index contributed by atoms with van der Waals surface area (Å²) in [6, 6.07) is 6.33. The molecule has 0 spiro atoms. The van der Waals surface area contributed by atoms with Crippen LogP contribution in [0.2, 0.25) is 0 Å². The molecule has 2 nitrogen and oxygen atoms in total. The Hall–Kier alpha value is -0.360. The smallest absolute Gasteiger partial charge is 0.147 e. The first-order valence-electron chi connectivity index (χ1n) is 6.03. The predicted octanol–water partition coefficient (Wildman–Crippen LogP) is 4.96. The molecule has 0 radical (unpaired) electrons. The maximum atomic E-state index is 5.57. The van der Waals surface area contributed by atoms with Crippen molar-refractivity contribution in [3.05, 3.63) is 49.0 Å². The topological polar surface area (TPSA) is 21.3 Å². The summed E-state index contributed by atoms with van der Waals surface area (Å²) in [6.45, 7) is 4.37. The van der Waals surface area contributed by atoms with Gasteiger partial charge in [-0.1, -0.05) is 0 Å². The van der Waals surface area contributed by atoms with Gasteiger partial charge in [0.1, 0.15) is 5.75 Å². The number of rotatable bonds is 6. The van der Waals surface area contributed by atoms with Crippen molar-refractivity contribution in [3.63, 3.8) is 0 Å². The van der Waals surface area contributed by atoms with E-state index in [2.05, 4.69) is 66.1 Å². The summed E-state index contributed by atoms with van der Waals surface area (Å²) < 4.78 is 7.54. The van der Waals surface area contributed by atoms with Crippen molar-refractivity contribution in [3.8, 4) is 5.75 Å². The zero-order valence-electron chi connectivity index (χ0n) is 10.6. The van der Waals surface area contributed by atoms with E-state index >= 15 is 0 Å². The summed E-state index contributed by atoms with van der Waals surface area (Å²) in [5.74, 6) is 0.865. The van der Waals surface area contributed by atoms with Crippen molar-refractivity contribution < 1.29 is 4.74 Å². The number of benzene rings is 1. The van der Waals surface area contributed by atoms with Gasteiger partial charge < -0.3 is 10.1 Å². The second-order valence-electron chi connectivity index (χ2n) is 4.06. The Morgan fingerprint density at radius 2 is 1.84 bits per heavy atom. The molecule has 0 saturated carbocycles. The van der Waals surface area contributed by atoms with Crippen LogP contribution in [-0.2, 0) is 13.1 Å². The molecule has 1 N–H and O–H groups in total. The first-order valence-corrected chi connectivity index (χ1v) is 8.56. The van der Waals surface area contributed by atoms with E-state index in [1.807, 2.05) is 6.92 Å². The number of thiophene rings is 1. The minimum Gasteiger partial charge on any atom is -0.492 e. The zero-order chi connectivity index (χ0) is 13.7. The zero-order valence-corrected chi connectivity index (χ0v) is 14.6. The highest BCUT2D eigenvalue weighted by atomic mass is 79.9. The largest absolute Gasteiger partial charge is 0.492 e. The second kappa shape index (κ2) is 7.43. The molecule has 0 aliphatic carbocycles. The van der Waals surface area contributed by atoms with Crippen LogP contribution in [-0.4, -0.2) is 6.61 Å². The molecular formula is C14H15Br2NOS. The van der Waals surface area contributed by atoms with Crippen LogP contribution in [0.5, 0.6) is 5.75 Å². The number of ether oxygens (including phenoxy) is 1. The van der Waals surface area contributed by atoms with Gasteiger partial charge in [0.05, 0.1) is 15.6 Å². The molecule has 1 heterocycles. The van der Waals surface area contributed by atoms with Gasteiger partial charge in [-0.3, -0.25) is 0 Å². The molecule has 0 atom stereocenters. The third kappa shape index (κ3) is 4.31. The fourth-order valence-electron chi connectivity index (χ4n) is 1.74. The molecule has 102 valence electrons. The van der Waals surface area contributed by atoms with Crippen molar-refractivity contribution in [2.45, 2.75) is 20.0 Å². The molecule has 0 aliphatic rings. The lowest BCUT2D eigenvalue weighted by Crippen LogP contribution is -2.12. The van der Waals surface area contributed by atoms with Crippen LogP contribution >= 0.6 is 43.2 Å². The maximum Gasteiger partial charge on any atom is 0.147 e. The SMILES string of the molecule is CCOc1c(Br)cc(CNCc2ccsc2)cc1Br. The Morgan fingerprint density at radius 3 is 2.42 bits per heavy atom. The number of halogens is 2. The van der Waals surface area contributed by atoms with Crippen LogP contribution in [0.1, 0.15) is 18.1 Å². The van der Waals surface area contributed by atoms with E-state index in [1.54, 1.807) is 11.3 Å². The van der Waals surface area contributed by atoms with Gasteiger partial charge >= 0.3 is 0 Å². The van der Waals surface area contributed by atoms with Gasteiger partial charge in [0, 0.05) is 13.1 Å². The number of hydrogen-bond acceptors (Lipinski definition) is 3. The monoisotopic (exact) mass is 403 g/mol. The van der Waals surface area contributed by atoms with Gasteiger partial charge in [-0.05, 0) is 78.9 Å². The molecule has 2 rings (SSSR count). The highest BCUT2D eigenvalue weighted by Crippen LogP contribution is 2.34. The van der Waals surface area contributed by atoms with Gasteiger partial charge in [0.15, 0.2) is 0 Å². The summed E-state index contributed by atoms with van der Waals surface area (Å²) in [4.78, 5) is 0. The number of nitrogens with one attached hydrogen (secondary N) is 1. The molecule has 0 saturated heterocycles. The Balaban J connectivity index is 1.97. The standard InChI is InChI=1S/C14H15Br2NOS/c1-2-18-14-12(15)5-11(6-13(14)16)8-17-7-10-3-4-19-9-10/h3-6,9,17H,2,7-8H2,1H3. The van der Waals surface area contributed by atoms with Gasteiger partial charge in [0.25, 0.3) is 0 Å². The Morgan fingerprint density at radius 1 is 1.16 bits per heavy atom. The Labute approximate surface area is 134 Å². The molecule has 1 aromatic carbocycles. The average Bonchev–Trinajstić information content (AvgIpc) is 2.87. The van der Waals surface area contributed by atoms with Crippen molar-refractivity contribution in [2.24, 2.45) is 0 Å². The average molecular weight is 405 g/mol. The summed E-state index contributed by atoms with van der Waals surface area (Å²) in [7, 11) is 0. The Kier molecular flexibility index (Phi) is 5.88. The molecule has 1 aromatic heterocycles.